The van der Waals surface area contributed by atoms with Gasteiger partial charge < -0.3 is 5.73 Å². The molecule has 0 bridgehead atoms. The average molecular weight is 258 g/mol. The van der Waals surface area contributed by atoms with Crippen molar-refractivity contribution >= 4 is 29.2 Å². The average Bonchev–Trinajstić information content (AvgIpc) is 2.79. The molecule has 0 unspecified atom stereocenters. The molecule has 2 N–H and O–H groups in total. The second-order valence-electron chi connectivity index (χ2n) is 4.71. The Morgan fingerprint density at radius 2 is 2.06 bits per heavy atom. The number of hydrogen-bond donors (Lipinski definition) is 1. The summed E-state index contributed by atoms with van der Waals surface area (Å²) < 4.78 is 0. The van der Waals surface area contributed by atoms with Crippen LogP contribution in [0.3, 0.4) is 0 Å². The molecule has 1 aromatic heterocycles. The van der Waals surface area contributed by atoms with Crippen molar-refractivity contribution in [1.82, 2.24) is 4.98 Å². The zero-order valence-corrected chi connectivity index (χ0v) is 11.8. The topological polar surface area (TPSA) is 38.9 Å². The van der Waals surface area contributed by atoms with E-state index in [2.05, 4.69) is 43.3 Å². The highest BCUT2D eigenvalue weighted by Gasteiger charge is 2.03. The van der Waals surface area contributed by atoms with Crippen LogP contribution in [0.1, 0.15) is 41.6 Å². The number of benzene rings is 1. The van der Waals surface area contributed by atoms with E-state index in [9.17, 15) is 0 Å². The summed E-state index contributed by atoms with van der Waals surface area (Å²) >= 11 is 1.68. The summed E-state index contributed by atoms with van der Waals surface area (Å²) in [7, 11) is 0. The van der Waals surface area contributed by atoms with E-state index >= 15 is 0 Å². The Kier molecular flexibility index (Phi) is 3.82. The van der Waals surface area contributed by atoms with Crippen LogP contribution in [-0.4, -0.2) is 4.98 Å². The van der Waals surface area contributed by atoms with Crippen molar-refractivity contribution in [3.05, 3.63) is 45.4 Å². The maximum atomic E-state index is 5.79. The number of nitrogen functional groups attached to an aromatic ring is 1. The third-order valence-corrected chi connectivity index (χ3v) is 3.67. The SMILES string of the molecule is Cc1ccc(N)cc1/C=C/c1nc(C(C)C)cs1. The lowest BCUT2D eigenvalue weighted by molar-refractivity contribution is 0.832. The molecule has 1 aromatic carbocycles. The summed E-state index contributed by atoms with van der Waals surface area (Å²) in [5, 5.41) is 3.16. The Labute approximate surface area is 112 Å². The molecule has 18 heavy (non-hydrogen) atoms. The van der Waals surface area contributed by atoms with E-state index in [1.165, 1.54) is 5.56 Å². The number of aryl methyl sites for hydroxylation is 1. The van der Waals surface area contributed by atoms with Gasteiger partial charge in [-0.05, 0) is 42.2 Å². The molecule has 94 valence electrons. The zero-order chi connectivity index (χ0) is 13.1. The Hall–Kier alpha value is -1.61. The molecule has 0 amide bonds. The number of anilines is 1. The molecule has 0 spiro atoms. The molecule has 0 atom stereocenters. The fraction of sp³-hybridized carbons (Fsp3) is 0.267. The van der Waals surface area contributed by atoms with Gasteiger partial charge in [-0.25, -0.2) is 4.98 Å². The quantitative estimate of drug-likeness (QED) is 0.832. The van der Waals surface area contributed by atoms with Crippen molar-refractivity contribution in [3.8, 4) is 0 Å². The monoisotopic (exact) mass is 258 g/mol. The summed E-state index contributed by atoms with van der Waals surface area (Å²) in [6, 6.07) is 5.95. The van der Waals surface area contributed by atoms with E-state index < -0.39 is 0 Å². The zero-order valence-electron chi connectivity index (χ0n) is 11.0. The summed E-state index contributed by atoms with van der Waals surface area (Å²) in [5.41, 5.74) is 10.1. The molecule has 0 aliphatic rings. The predicted molar refractivity (Wildman–Crippen MR) is 80.7 cm³/mol. The molecule has 0 saturated heterocycles. The van der Waals surface area contributed by atoms with E-state index in [4.69, 9.17) is 5.73 Å². The lowest BCUT2D eigenvalue weighted by Crippen LogP contribution is -1.88. The van der Waals surface area contributed by atoms with Gasteiger partial charge in [-0.15, -0.1) is 11.3 Å². The minimum absolute atomic E-state index is 0.484. The lowest BCUT2D eigenvalue weighted by atomic mass is 10.1. The van der Waals surface area contributed by atoms with E-state index in [1.54, 1.807) is 11.3 Å². The van der Waals surface area contributed by atoms with Crippen LogP contribution in [0.15, 0.2) is 23.6 Å². The molecule has 0 aliphatic heterocycles. The highest BCUT2D eigenvalue weighted by molar-refractivity contribution is 7.10. The minimum Gasteiger partial charge on any atom is -0.399 e. The predicted octanol–water partition coefficient (Wildman–Crippen LogP) is 4.33. The van der Waals surface area contributed by atoms with Crippen LogP contribution in [0, 0.1) is 6.92 Å². The maximum Gasteiger partial charge on any atom is 0.116 e. The molecule has 2 aromatic rings. The van der Waals surface area contributed by atoms with E-state index in [0.717, 1.165) is 22.0 Å². The molecule has 0 aliphatic carbocycles. The molecule has 0 saturated carbocycles. The first-order valence-corrected chi connectivity index (χ1v) is 6.94. The smallest absolute Gasteiger partial charge is 0.116 e. The van der Waals surface area contributed by atoms with Crippen molar-refractivity contribution in [2.24, 2.45) is 0 Å². The van der Waals surface area contributed by atoms with Crippen molar-refractivity contribution in [3.63, 3.8) is 0 Å². The van der Waals surface area contributed by atoms with E-state index in [0.29, 0.717) is 5.92 Å². The number of aromatic nitrogens is 1. The highest BCUT2D eigenvalue weighted by Crippen LogP contribution is 2.21. The van der Waals surface area contributed by atoms with Crippen LogP contribution in [0.2, 0.25) is 0 Å². The van der Waals surface area contributed by atoms with Crippen molar-refractivity contribution in [1.29, 1.82) is 0 Å². The fourth-order valence-electron chi connectivity index (χ4n) is 1.64. The van der Waals surface area contributed by atoms with Crippen molar-refractivity contribution < 1.29 is 0 Å². The van der Waals surface area contributed by atoms with Crippen LogP contribution in [0.5, 0.6) is 0 Å². The molecule has 0 fully saturated rings. The Balaban J connectivity index is 2.21. The molecule has 2 nitrogen and oxygen atoms in total. The lowest BCUT2D eigenvalue weighted by Gasteiger charge is -2.01. The maximum absolute atomic E-state index is 5.79. The molecule has 3 heteroatoms. The normalized spacial score (nSPS) is 11.6. The number of rotatable bonds is 3. The molecule has 1 heterocycles. The summed E-state index contributed by atoms with van der Waals surface area (Å²) in [4.78, 5) is 4.58. The largest absolute Gasteiger partial charge is 0.399 e. The number of nitrogens with two attached hydrogens (primary N) is 1. The van der Waals surface area contributed by atoms with E-state index in [-0.39, 0.29) is 0 Å². The van der Waals surface area contributed by atoms with Gasteiger partial charge >= 0.3 is 0 Å². The number of nitrogens with zero attached hydrogens (tertiary/aromatic N) is 1. The van der Waals surface area contributed by atoms with Gasteiger partial charge in [0.15, 0.2) is 0 Å². The molecule has 2 rings (SSSR count). The van der Waals surface area contributed by atoms with Gasteiger partial charge in [0, 0.05) is 11.1 Å². The third-order valence-electron chi connectivity index (χ3n) is 2.84. The van der Waals surface area contributed by atoms with Crippen LogP contribution >= 0.6 is 11.3 Å². The van der Waals surface area contributed by atoms with Crippen LogP contribution < -0.4 is 5.73 Å². The molecular formula is C15H18N2S. The fourth-order valence-corrected chi connectivity index (χ4v) is 2.51. The highest BCUT2D eigenvalue weighted by atomic mass is 32.1. The Bertz CT molecular complexity index is 568. The minimum atomic E-state index is 0.484. The van der Waals surface area contributed by atoms with Crippen LogP contribution in [0.25, 0.3) is 12.2 Å². The Morgan fingerprint density at radius 3 is 2.72 bits per heavy atom. The van der Waals surface area contributed by atoms with Crippen molar-refractivity contribution in [2.75, 3.05) is 5.73 Å². The number of thiazole rings is 1. The van der Waals surface area contributed by atoms with Crippen LogP contribution in [0.4, 0.5) is 5.69 Å². The summed E-state index contributed by atoms with van der Waals surface area (Å²) in [6.07, 6.45) is 4.13. The number of hydrogen-bond acceptors (Lipinski definition) is 3. The van der Waals surface area contributed by atoms with Gasteiger partial charge in [-0.1, -0.05) is 26.0 Å². The first-order valence-electron chi connectivity index (χ1n) is 6.06. The first-order chi connectivity index (χ1) is 8.56. The second kappa shape index (κ2) is 5.36. The van der Waals surface area contributed by atoms with E-state index in [1.807, 2.05) is 18.2 Å². The van der Waals surface area contributed by atoms with Gasteiger partial charge in [0.05, 0.1) is 5.69 Å². The standard InChI is InChI=1S/C15H18N2S/c1-10(2)14-9-18-15(17-14)7-5-12-8-13(16)6-4-11(12)3/h4-10H,16H2,1-3H3/b7-5+. The van der Waals surface area contributed by atoms with Crippen molar-refractivity contribution in [2.45, 2.75) is 26.7 Å². The summed E-state index contributed by atoms with van der Waals surface area (Å²) in [6.45, 7) is 6.40. The van der Waals surface area contributed by atoms with Gasteiger partial charge in [0.1, 0.15) is 5.01 Å². The molecular weight excluding hydrogens is 240 g/mol. The van der Waals surface area contributed by atoms with Gasteiger partial charge in [0.25, 0.3) is 0 Å². The summed E-state index contributed by atoms with van der Waals surface area (Å²) in [5.74, 6) is 0.484. The third kappa shape index (κ3) is 2.99. The van der Waals surface area contributed by atoms with Gasteiger partial charge in [0.2, 0.25) is 0 Å². The van der Waals surface area contributed by atoms with Gasteiger partial charge in [-0.2, -0.15) is 0 Å². The van der Waals surface area contributed by atoms with Gasteiger partial charge in [-0.3, -0.25) is 0 Å². The second-order valence-corrected chi connectivity index (χ2v) is 5.60. The first kappa shape index (κ1) is 12.8. The molecule has 0 radical (unpaired) electrons. The van der Waals surface area contributed by atoms with Crippen LogP contribution in [-0.2, 0) is 0 Å². The Morgan fingerprint density at radius 1 is 1.28 bits per heavy atom.